The lowest BCUT2D eigenvalue weighted by molar-refractivity contribution is 0.475. The zero-order valence-corrected chi connectivity index (χ0v) is 15.1. The van der Waals surface area contributed by atoms with E-state index >= 15 is 0 Å². The van der Waals surface area contributed by atoms with E-state index in [1.54, 1.807) is 12.1 Å². The summed E-state index contributed by atoms with van der Waals surface area (Å²) < 4.78 is 2.06. The van der Waals surface area contributed by atoms with Crippen LogP contribution in [0.25, 0.3) is 16.9 Å². The molecular formula is C22H21N3O. The molecule has 0 fully saturated rings. The van der Waals surface area contributed by atoms with Crippen molar-refractivity contribution in [3.8, 4) is 17.0 Å². The second-order valence-electron chi connectivity index (χ2n) is 6.79. The number of benzene rings is 2. The second kappa shape index (κ2) is 6.23. The first-order valence-corrected chi connectivity index (χ1v) is 8.63. The molecule has 2 aromatic carbocycles. The Labute approximate surface area is 152 Å². The van der Waals surface area contributed by atoms with Crippen LogP contribution in [0.15, 0.2) is 60.8 Å². The third kappa shape index (κ3) is 3.02. The van der Waals surface area contributed by atoms with E-state index in [1.807, 2.05) is 18.3 Å². The molecule has 4 aromatic rings. The molecule has 4 nitrogen and oxygen atoms in total. The number of hydrogen-bond acceptors (Lipinski definition) is 3. The zero-order valence-electron chi connectivity index (χ0n) is 15.1. The van der Waals surface area contributed by atoms with Crippen LogP contribution in [-0.2, 0) is 0 Å². The van der Waals surface area contributed by atoms with E-state index in [4.69, 9.17) is 4.98 Å². The van der Waals surface area contributed by atoms with E-state index in [9.17, 15) is 5.11 Å². The van der Waals surface area contributed by atoms with Crippen molar-refractivity contribution >= 4 is 17.2 Å². The summed E-state index contributed by atoms with van der Waals surface area (Å²) in [5.41, 5.74) is 7.32. The largest absolute Gasteiger partial charge is 0.508 e. The van der Waals surface area contributed by atoms with Gasteiger partial charge in [0, 0.05) is 17.4 Å². The van der Waals surface area contributed by atoms with Gasteiger partial charge in [0.1, 0.15) is 22.9 Å². The molecule has 2 N–H and O–H groups in total. The highest BCUT2D eigenvalue weighted by Crippen LogP contribution is 2.32. The summed E-state index contributed by atoms with van der Waals surface area (Å²) in [4.78, 5) is 4.83. The van der Waals surface area contributed by atoms with Gasteiger partial charge in [-0.2, -0.15) is 0 Å². The number of aromatic hydroxyl groups is 1. The number of aryl methyl sites for hydroxylation is 3. The minimum atomic E-state index is 0.247. The third-order valence-electron chi connectivity index (χ3n) is 4.41. The van der Waals surface area contributed by atoms with Crippen LogP contribution in [0.2, 0.25) is 0 Å². The quantitative estimate of drug-likeness (QED) is 0.525. The molecule has 0 spiro atoms. The number of rotatable bonds is 3. The smallest absolute Gasteiger partial charge is 0.143 e. The summed E-state index contributed by atoms with van der Waals surface area (Å²) in [5, 5.41) is 13.2. The van der Waals surface area contributed by atoms with Gasteiger partial charge in [0.15, 0.2) is 0 Å². The molecule has 2 heterocycles. The number of fused-ring (bicyclic) bond motifs is 1. The number of phenols is 1. The predicted molar refractivity (Wildman–Crippen MR) is 106 cm³/mol. The molecule has 130 valence electrons. The molecule has 0 saturated carbocycles. The molecule has 0 radical (unpaired) electrons. The first kappa shape index (κ1) is 16.2. The number of nitrogens with one attached hydrogen (secondary N) is 1. The molecule has 26 heavy (non-hydrogen) atoms. The third-order valence-corrected chi connectivity index (χ3v) is 4.41. The van der Waals surface area contributed by atoms with Crippen LogP contribution < -0.4 is 5.32 Å². The fraction of sp³-hybridized carbons (Fsp3) is 0.136. The van der Waals surface area contributed by atoms with Crippen LogP contribution in [0.5, 0.6) is 5.75 Å². The fourth-order valence-corrected chi connectivity index (χ4v) is 3.27. The maximum absolute atomic E-state index is 9.60. The Kier molecular flexibility index (Phi) is 3.88. The summed E-state index contributed by atoms with van der Waals surface area (Å²) in [7, 11) is 0. The summed E-state index contributed by atoms with van der Waals surface area (Å²) in [6.45, 7) is 6.25. The molecule has 4 heteroatoms. The van der Waals surface area contributed by atoms with E-state index in [1.165, 1.54) is 11.1 Å². The second-order valence-corrected chi connectivity index (χ2v) is 6.79. The van der Waals surface area contributed by atoms with Crippen LogP contribution in [0, 0.1) is 20.8 Å². The number of aromatic nitrogens is 2. The van der Waals surface area contributed by atoms with Crippen molar-refractivity contribution in [3.63, 3.8) is 0 Å². The average Bonchev–Trinajstić information content (AvgIpc) is 2.92. The molecule has 0 bridgehead atoms. The number of hydrogen-bond donors (Lipinski definition) is 2. The molecule has 0 aliphatic heterocycles. The van der Waals surface area contributed by atoms with Crippen LogP contribution in [0.4, 0.5) is 11.5 Å². The number of nitrogens with zero attached hydrogens (tertiary/aromatic N) is 2. The van der Waals surface area contributed by atoms with E-state index in [2.05, 4.69) is 60.8 Å². The van der Waals surface area contributed by atoms with Crippen molar-refractivity contribution in [1.82, 2.24) is 9.38 Å². The summed E-state index contributed by atoms with van der Waals surface area (Å²) in [6.07, 6.45) is 2.03. The lowest BCUT2D eigenvalue weighted by Crippen LogP contribution is -1.98. The van der Waals surface area contributed by atoms with Crippen LogP contribution >= 0.6 is 0 Å². The van der Waals surface area contributed by atoms with Crippen molar-refractivity contribution in [2.24, 2.45) is 0 Å². The molecule has 0 amide bonds. The minimum absolute atomic E-state index is 0.247. The summed E-state index contributed by atoms with van der Waals surface area (Å²) in [5.74, 6) is 1.16. The fourth-order valence-electron chi connectivity index (χ4n) is 3.27. The van der Waals surface area contributed by atoms with Gasteiger partial charge in [0.2, 0.25) is 0 Å². The number of phenolic OH excluding ortho intramolecular Hbond substituents is 1. The first-order valence-electron chi connectivity index (χ1n) is 8.63. The Hall–Kier alpha value is -3.27. The van der Waals surface area contributed by atoms with E-state index in [0.29, 0.717) is 0 Å². The summed E-state index contributed by atoms with van der Waals surface area (Å²) >= 11 is 0. The monoisotopic (exact) mass is 343 g/mol. The van der Waals surface area contributed by atoms with Crippen molar-refractivity contribution in [3.05, 3.63) is 77.5 Å². The molecule has 2 aromatic heterocycles. The van der Waals surface area contributed by atoms with E-state index in [-0.39, 0.29) is 5.75 Å². The van der Waals surface area contributed by atoms with Crippen LogP contribution in [0.1, 0.15) is 16.7 Å². The van der Waals surface area contributed by atoms with E-state index < -0.39 is 0 Å². The Morgan fingerprint density at radius 3 is 2.23 bits per heavy atom. The van der Waals surface area contributed by atoms with Crippen LogP contribution in [-0.4, -0.2) is 14.5 Å². The van der Waals surface area contributed by atoms with Gasteiger partial charge in [-0.05, 0) is 86.0 Å². The molecule has 0 unspecified atom stereocenters. The normalized spacial score (nSPS) is 11.0. The van der Waals surface area contributed by atoms with E-state index in [0.717, 1.165) is 34.0 Å². The maximum Gasteiger partial charge on any atom is 0.143 e. The molecule has 0 saturated heterocycles. The van der Waals surface area contributed by atoms with Crippen molar-refractivity contribution in [2.45, 2.75) is 20.8 Å². The molecule has 0 aliphatic carbocycles. The number of anilines is 2. The predicted octanol–water partition coefficient (Wildman–Crippen LogP) is 5.38. The van der Waals surface area contributed by atoms with Crippen molar-refractivity contribution < 1.29 is 5.11 Å². The van der Waals surface area contributed by atoms with Gasteiger partial charge in [-0.3, -0.25) is 4.40 Å². The number of pyridine rings is 1. The Balaban J connectivity index is 1.90. The minimum Gasteiger partial charge on any atom is -0.508 e. The standard InChI is InChI=1S/C22H21N3O/c1-14-8-9-25-20(13-14)24-21(17-4-6-19(26)7-5-17)22(25)23-18-11-15(2)10-16(3)12-18/h4-13,23,26H,1-3H3. The highest BCUT2D eigenvalue weighted by atomic mass is 16.3. The van der Waals surface area contributed by atoms with Gasteiger partial charge in [0.25, 0.3) is 0 Å². The zero-order chi connectivity index (χ0) is 18.3. The van der Waals surface area contributed by atoms with Crippen molar-refractivity contribution in [2.75, 3.05) is 5.32 Å². The van der Waals surface area contributed by atoms with Crippen LogP contribution in [0.3, 0.4) is 0 Å². The molecule has 0 aliphatic rings. The lowest BCUT2D eigenvalue weighted by atomic mass is 10.1. The van der Waals surface area contributed by atoms with Gasteiger partial charge in [-0.25, -0.2) is 4.98 Å². The van der Waals surface area contributed by atoms with Crippen molar-refractivity contribution in [1.29, 1.82) is 0 Å². The Morgan fingerprint density at radius 2 is 1.54 bits per heavy atom. The first-order chi connectivity index (χ1) is 12.5. The maximum atomic E-state index is 9.60. The van der Waals surface area contributed by atoms with Gasteiger partial charge in [0.05, 0.1) is 0 Å². The van der Waals surface area contributed by atoms with Gasteiger partial charge in [-0.15, -0.1) is 0 Å². The highest BCUT2D eigenvalue weighted by Gasteiger charge is 2.15. The molecule has 0 atom stereocenters. The average molecular weight is 343 g/mol. The lowest BCUT2D eigenvalue weighted by Gasteiger charge is -2.11. The summed E-state index contributed by atoms with van der Waals surface area (Å²) in [6, 6.07) is 17.7. The van der Waals surface area contributed by atoms with Gasteiger partial charge in [-0.1, -0.05) is 6.07 Å². The SMILES string of the molecule is Cc1cc(C)cc(Nc2c(-c3ccc(O)cc3)nc3cc(C)ccn23)c1. The Bertz CT molecular complexity index is 1070. The Morgan fingerprint density at radius 1 is 0.846 bits per heavy atom. The van der Waals surface area contributed by atoms with Gasteiger partial charge < -0.3 is 10.4 Å². The van der Waals surface area contributed by atoms with Gasteiger partial charge >= 0.3 is 0 Å². The molecule has 4 rings (SSSR count). The highest BCUT2D eigenvalue weighted by molar-refractivity contribution is 5.80. The topological polar surface area (TPSA) is 49.6 Å². The number of imidazole rings is 1. The molecular weight excluding hydrogens is 322 g/mol.